The van der Waals surface area contributed by atoms with Crippen molar-refractivity contribution in [2.24, 2.45) is 0 Å². The molecule has 0 aliphatic carbocycles. The van der Waals surface area contributed by atoms with Gasteiger partial charge in [0.05, 0.1) is 5.52 Å². The molecule has 0 spiro atoms. The Labute approximate surface area is 126 Å². The second-order valence-corrected chi connectivity index (χ2v) is 6.53. The number of nitrogens with one attached hydrogen (secondary N) is 1. The molecule has 2 aliphatic rings. The van der Waals surface area contributed by atoms with E-state index in [-0.39, 0.29) is 0 Å². The molecule has 3 heterocycles. The first-order valence-corrected chi connectivity index (χ1v) is 8.16. The summed E-state index contributed by atoms with van der Waals surface area (Å²) >= 11 is 0. The van der Waals surface area contributed by atoms with Crippen molar-refractivity contribution in [3.05, 3.63) is 36.0 Å². The van der Waals surface area contributed by atoms with Gasteiger partial charge in [-0.15, -0.1) is 0 Å². The molecule has 3 heteroatoms. The molecule has 2 fully saturated rings. The van der Waals surface area contributed by atoms with Gasteiger partial charge in [0.15, 0.2) is 0 Å². The van der Waals surface area contributed by atoms with Crippen LogP contribution in [0.3, 0.4) is 0 Å². The summed E-state index contributed by atoms with van der Waals surface area (Å²) in [7, 11) is 0. The van der Waals surface area contributed by atoms with Crippen LogP contribution in [0, 0.1) is 6.92 Å². The summed E-state index contributed by atoms with van der Waals surface area (Å²) in [6.07, 6.45) is 5.31. The van der Waals surface area contributed by atoms with Crippen molar-refractivity contribution in [3.63, 3.8) is 0 Å². The van der Waals surface area contributed by atoms with Crippen LogP contribution in [0.25, 0.3) is 10.9 Å². The third-order valence-electron chi connectivity index (χ3n) is 5.02. The van der Waals surface area contributed by atoms with Crippen molar-refractivity contribution in [3.8, 4) is 0 Å². The van der Waals surface area contributed by atoms with Crippen molar-refractivity contribution in [2.75, 3.05) is 18.4 Å². The van der Waals surface area contributed by atoms with Crippen LogP contribution >= 0.6 is 0 Å². The molecule has 2 aliphatic heterocycles. The molecular formula is C18H23N3. The molecule has 3 nitrogen and oxygen atoms in total. The summed E-state index contributed by atoms with van der Waals surface area (Å²) < 4.78 is 0. The maximum absolute atomic E-state index is 4.63. The first-order valence-electron chi connectivity index (χ1n) is 8.16. The molecule has 2 aromatic rings. The summed E-state index contributed by atoms with van der Waals surface area (Å²) in [5, 5.41) is 5.06. The van der Waals surface area contributed by atoms with Crippen molar-refractivity contribution in [1.29, 1.82) is 0 Å². The number of fused-ring (bicyclic) bond motifs is 2. The normalized spacial score (nSPS) is 26.0. The lowest BCUT2D eigenvalue weighted by Gasteiger charge is -2.35. The topological polar surface area (TPSA) is 28.2 Å². The van der Waals surface area contributed by atoms with E-state index < -0.39 is 0 Å². The first-order chi connectivity index (χ1) is 10.3. The third kappa shape index (κ3) is 2.51. The lowest BCUT2D eigenvalue weighted by Crippen LogP contribution is -2.42. The van der Waals surface area contributed by atoms with E-state index in [4.69, 9.17) is 0 Å². The maximum atomic E-state index is 4.63. The van der Waals surface area contributed by atoms with Crippen LogP contribution in [-0.2, 0) is 0 Å². The van der Waals surface area contributed by atoms with Gasteiger partial charge in [-0.1, -0.05) is 18.2 Å². The minimum atomic E-state index is 0.606. The minimum absolute atomic E-state index is 0.606. The van der Waals surface area contributed by atoms with Gasteiger partial charge in [-0.3, -0.25) is 4.98 Å². The van der Waals surface area contributed by atoms with E-state index in [1.807, 2.05) is 0 Å². The molecule has 2 saturated heterocycles. The van der Waals surface area contributed by atoms with Crippen LogP contribution in [0.15, 0.2) is 30.3 Å². The van der Waals surface area contributed by atoms with Gasteiger partial charge in [0.1, 0.15) is 0 Å². The molecule has 0 bridgehead atoms. The number of anilines is 1. The maximum Gasteiger partial charge on any atom is 0.0725 e. The second-order valence-electron chi connectivity index (χ2n) is 6.53. The highest BCUT2D eigenvalue weighted by molar-refractivity contribution is 5.91. The fourth-order valence-corrected chi connectivity index (χ4v) is 4.00. The van der Waals surface area contributed by atoms with Crippen LogP contribution in [-0.4, -0.2) is 35.1 Å². The smallest absolute Gasteiger partial charge is 0.0725 e. The molecule has 21 heavy (non-hydrogen) atoms. The average molecular weight is 281 g/mol. The molecular weight excluding hydrogens is 258 g/mol. The molecule has 2 atom stereocenters. The molecule has 0 saturated carbocycles. The highest BCUT2D eigenvalue weighted by Crippen LogP contribution is 2.30. The van der Waals surface area contributed by atoms with Crippen LogP contribution in [0.5, 0.6) is 0 Å². The lowest BCUT2D eigenvalue weighted by atomic mass is 9.97. The minimum Gasteiger partial charge on any atom is -0.382 e. The Morgan fingerprint density at radius 1 is 1.19 bits per heavy atom. The van der Waals surface area contributed by atoms with Gasteiger partial charge in [-0.05, 0) is 51.3 Å². The zero-order valence-corrected chi connectivity index (χ0v) is 12.7. The molecule has 1 aromatic heterocycles. The second kappa shape index (κ2) is 5.30. The Kier molecular flexibility index (Phi) is 3.30. The van der Waals surface area contributed by atoms with Crippen LogP contribution in [0.2, 0.25) is 0 Å². The number of aryl methyl sites for hydroxylation is 1. The predicted octanol–water partition coefficient (Wildman–Crippen LogP) is 3.58. The molecule has 0 amide bonds. The molecule has 1 N–H and O–H groups in total. The molecule has 4 rings (SSSR count). The third-order valence-corrected chi connectivity index (χ3v) is 5.02. The van der Waals surface area contributed by atoms with E-state index in [0.29, 0.717) is 6.04 Å². The summed E-state index contributed by atoms with van der Waals surface area (Å²) in [5.41, 5.74) is 3.45. The van der Waals surface area contributed by atoms with Crippen LogP contribution < -0.4 is 5.32 Å². The molecule has 2 unspecified atom stereocenters. The van der Waals surface area contributed by atoms with E-state index in [2.05, 4.69) is 52.5 Å². The SMILES string of the molecule is Cc1cc(NC2CCN3CCCC3C2)c2ccccc2n1. The highest BCUT2D eigenvalue weighted by atomic mass is 15.2. The first kappa shape index (κ1) is 13.1. The van der Waals surface area contributed by atoms with E-state index in [0.717, 1.165) is 17.3 Å². The largest absolute Gasteiger partial charge is 0.382 e. The van der Waals surface area contributed by atoms with Crippen molar-refractivity contribution in [1.82, 2.24) is 9.88 Å². The lowest BCUT2D eigenvalue weighted by molar-refractivity contribution is 0.188. The molecule has 1 aromatic carbocycles. The number of nitrogens with zero attached hydrogens (tertiary/aromatic N) is 2. The predicted molar refractivity (Wildman–Crippen MR) is 87.7 cm³/mol. The van der Waals surface area contributed by atoms with E-state index in [1.54, 1.807) is 0 Å². The van der Waals surface area contributed by atoms with Gasteiger partial charge < -0.3 is 10.2 Å². The summed E-state index contributed by atoms with van der Waals surface area (Å²) in [4.78, 5) is 7.31. The summed E-state index contributed by atoms with van der Waals surface area (Å²) in [5.74, 6) is 0. The summed E-state index contributed by atoms with van der Waals surface area (Å²) in [6, 6.07) is 12.1. The average Bonchev–Trinajstić information content (AvgIpc) is 2.94. The van der Waals surface area contributed by atoms with Gasteiger partial charge in [0.2, 0.25) is 0 Å². The zero-order chi connectivity index (χ0) is 14.2. The van der Waals surface area contributed by atoms with Gasteiger partial charge in [0.25, 0.3) is 0 Å². The Morgan fingerprint density at radius 3 is 3.05 bits per heavy atom. The number of piperidine rings is 1. The number of benzene rings is 1. The van der Waals surface area contributed by atoms with E-state index >= 15 is 0 Å². The van der Waals surface area contributed by atoms with E-state index in [1.165, 1.54) is 49.8 Å². The van der Waals surface area contributed by atoms with E-state index in [9.17, 15) is 0 Å². The Balaban J connectivity index is 1.59. The Hall–Kier alpha value is -1.61. The zero-order valence-electron chi connectivity index (χ0n) is 12.7. The number of para-hydroxylation sites is 1. The number of pyridine rings is 1. The van der Waals surface area contributed by atoms with Gasteiger partial charge in [-0.25, -0.2) is 0 Å². The number of aromatic nitrogens is 1. The van der Waals surface area contributed by atoms with Gasteiger partial charge in [0, 0.05) is 35.4 Å². The van der Waals surface area contributed by atoms with Crippen molar-refractivity contribution >= 4 is 16.6 Å². The molecule has 110 valence electrons. The Bertz CT molecular complexity index is 652. The van der Waals surface area contributed by atoms with Crippen LogP contribution in [0.4, 0.5) is 5.69 Å². The number of hydrogen-bond donors (Lipinski definition) is 1. The van der Waals surface area contributed by atoms with Gasteiger partial charge >= 0.3 is 0 Å². The quantitative estimate of drug-likeness (QED) is 0.912. The van der Waals surface area contributed by atoms with Gasteiger partial charge in [-0.2, -0.15) is 0 Å². The number of hydrogen-bond acceptors (Lipinski definition) is 3. The number of rotatable bonds is 2. The fraction of sp³-hybridized carbons (Fsp3) is 0.500. The van der Waals surface area contributed by atoms with Crippen molar-refractivity contribution < 1.29 is 0 Å². The summed E-state index contributed by atoms with van der Waals surface area (Å²) in [6.45, 7) is 4.65. The van der Waals surface area contributed by atoms with Crippen LogP contribution in [0.1, 0.15) is 31.4 Å². The fourth-order valence-electron chi connectivity index (χ4n) is 4.00. The monoisotopic (exact) mass is 281 g/mol. The highest BCUT2D eigenvalue weighted by Gasteiger charge is 2.31. The Morgan fingerprint density at radius 2 is 2.10 bits per heavy atom. The molecule has 0 radical (unpaired) electrons. The van der Waals surface area contributed by atoms with Crippen molar-refractivity contribution in [2.45, 2.75) is 44.7 Å². The standard InChI is InChI=1S/C18H23N3/c1-13-11-18(16-6-2-3-7-17(16)19-13)20-14-8-10-21-9-4-5-15(21)12-14/h2-3,6-7,11,14-15H,4-5,8-10,12H2,1H3,(H,19,20).